The normalized spacial score (nSPS) is 13.9. The van der Waals surface area contributed by atoms with Crippen LogP contribution in [0.4, 0.5) is 10.1 Å². The highest BCUT2D eigenvalue weighted by molar-refractivity contribution is 9.10. The van der Waals surface area contributed by atoms with Crippen LogP contribution in [0.15, 0.2) is 22.9 Å². The van der Waals surface area contributed by atoms with Crippen LogP contribution < -0.4 is 10.5 Å². The van der Waals surface area contributed by atoms with Gasteiger partial charge >= 0.3 is 0 Å². The number of halogens is 2. The van der Waals surface area contributed by atoms with Crippen molar-refractivity contribution in [1.82, 2.24) is 9.97 Å². The first-order valence-corrected chi connectivity index (χ1v) is 7.19. The third-order valence-electron chi connectivity index (χ3n) is 3.34. The highest BCUT2D eigenvalue weighted by Crippen LogP contribution is 2.34. The molecule has 6 heteroatoms. The van der Waals surface area contributed by atoms with Crippen molar-refractivity contribution >= 4 is 21.6 Å². The monoisotopic (exact) mass is 337 g/mol. The second-order valence-electron chi connectivity index (χ2n) is 4.72. The van der Waals surface area contributed by atoms with Gasteiger partial charge in [-0.2, -0.15) is 0 Å². The van der Waals surface area contributed by atoms with E-state index in [2.05, 4.69) is 25.9 Å². The van der Waals surface area contributed by atoms with E-state index >= 15 is 0 Å². The SMILES string of the molecule is Nc1cc(Br)c(F)cc1Oc1ncnc2c1CCCC2. The third kappa shape index (κ3) is 2.47. The molecule has 1 aliphatic carbocycles. The standard InChI is InChI=1S/C14H13BrFN3O/c15-9-5-11(17)13(6-10(9)16)20-14-8-3-1-2-4-12(8)18-7-19-14/h5-7H,1-4,17H2. The molecule has 2 N–H and O–H groups in total. The number of hydrogen-bond acceptors (Lipinski definition) is 4. The summed E-state index contributed by atoms with van der Waals surface area (Å²) in [6.45, 7) is 0. The van der Waals surface area contributed by atoms with Gasteiger partial charge in [-0.1, -0.05) is 0 Å². The molecule has 0 spiro atoms. The Hall–Kier alpha value is -1.69. The quantitative estimate of drug-likeness (QED) is 0.850. The first-order chi connectivity index (χ1) is 9.65. The number of aromatic nitrogens is 2. The zero-order chi connectivity index (χ0) is 14.1. The molecule has 0 aliphatic heterocycles. The second kappa shape index (κ2) is 5.36. The van der Waals surface area contributed by atoms with Crippen LogP contribution in [-0.4, -0.2) is 9.97 Å². The summed E-state index contributed by atoms with van der Waals surface area (Å²) in [5, 5.41) is 0. The molecular weight excluding hydrogens is 325 g/mol. The van der Waals surface area contributed by atoms with Gasteiger partial charge in [0.05, 0.1) is 15.9 Å². The predicted molar refractivity (Wildman–Crippen MR) is 77.3 cm³/mol. The van der Waals surface area contributed by atoms with Crippen molar-refractivity contribution < 1.29 is 9.13 Å². The molecule has 1 aliphatic rings. The van der Waals surface area contributed by atoms with E-state index in [1.54, 1.807) is 0 Å². The van der Waals surface area contributed by atoms with Crippen LogP contribution in [0.2, 0.25) is 0 Å². The van der Waals surface area contributed by atoms with Crippen molar-refractivity contribution in [3.8, 4) is 11.6 Å². The molecule has 0 saturated heterocycles. The highest BCUT2D eigenvalue weighted by Gasteiger charge is 2.18. The lowest BCUT2D eigenvalue weighted by Crippen LogP contribution is -2.08. The van der Waals surface area contributed by atoms with Gasteiger partial charge in [-0.05, 0) is 47.7 Å². The number of nitrogen functional groups attached to an aromatic ring is 1. The molecule has 0 bridgehead atoms. The van der Waals surface area contributed by atoms with E-state index in [9.17, 15) is 4.39 Å². The minimum absolute atomic E-state index is 0.275. The molecule has 0 fully saturated rings. The van der Waals surface area contributed by atoms with E-state index in [1.807, 2.05) is 0 Å². The Balaban J connectivity index is 1.98. The van der Waals surface area contributed by atoms with E-state index in [0.29, 0.717) is 16.0 Å². The van der Waals surface area contributed by atoms with E-state index in [0.717, 1.165) is 36.9 Å². The fraction of sp³-hybridized carbons (Fsp3) is 0.286. The Labute approximate surface area is 124 Å². The number of hydrogen-bond donors (Lipinski definition) is 1. The average Bonchev–Trinajstić information content (AvgIpc) is 2.45. The Morgan fingerprint density at radius 1 is 1.20 bits per heavy atom. The first kappa shape index (κ1) is 13.3. The van der Waals surface area contributed by atoms with Crippen LogP contribution in [0.25, 0.3) is 0 Å². The van der Waals surface area contributed by atoms with Gasteiger partial charge in [0.2, 0.25) is 5.88 Å². The van der Waals surface area contributed by atoms with Gasteiger partial charge in [0.15, 0.2) is 5.75 Å². The lowest BCUT2D eigenvalue weighted by atomic mass is 9.97. The molecule has 2 aromatic rings. The Kier molecular flexibility index (Phi) is 3.56. The van der Waals surface area contributed by atoms with Crippen LogP contribution >= 0.6 is 15.9 Å². The van der Waals surface area contributed by atoms with Crippen molar-refractivity contribution in [2.24, 2.45) is 0 Å². The van der Waals surface area contributed by atoms with E-state index in [4.69, 9.17) is 10.5 Å². The summed E-state index contributed by atoms with van der Waals surface area (Å²) in [6, 6.07) is 2.75. The minimum atomic E-state index is -0.419. The molecule has 1 aromatic heterocycles. The highest BCUT2D eigenvalue weighted by atomic mass is 79.9. The maximum atomic E-state index is 13.6. The molecule has 104 valence electrons. The van der Waals surface area contributed by atoms with Gasteiger partial charge in [-0.3, -0.25) is 0 Å². The van der Waals surface area contributed by atoms with Crippen molar-refractivity contribution in [3.63, 3.8) is 0 Å². The zero-order valence-electron chi connectivity index (χ0n) is 10.7. The molecule has 0 amide bonds. The largest absolute Gasteiger partial charge is 0.436 e. The fourth-order valence-electron chi connectivity index (χ4n) is 2.32. The number of nitrogens with two attached hydrogens (primary N) is 1. The van der Waals surface area contributed by atoms with Crippen LogP contribution in [0.3, 0.4) is 0 Å². The predicted octanol–water partition coefficient (Wildman–Crippen LogP) is 3.63. The van der Waals surface area contributed by atoms with Gasteiger partial charge in [0.1, 0.15) is 12.1 Å². The minimum Gasteiger partial charge on any atom is -0.436 e. The molecule has 4 nitrogen and oxygen atoms in total. The number of aryl methyl sites for hydroxylation is 1. The van der Waals surface area contributed by atoms with E-state index < -0.39 is 5.82 Å². The summed E-state index contributed by atoms with van der Waals surface area (Å²) < 4.78 is 19.6. The summed E-state index contributed by atoms with van der Waals surface area (Å²) in [7, 11) is 0. The fourth-order valence-corrected chi connectivity index (χ4v) is 2.68. The number of ether oxygens (including phenoxy) is 1. The van der Waals surface area contributed by atoms with Gasteiger partial charge < -0.3 is 10.5 Å². The van der Waals surface area contributed by atoms with E-state index in [1.165, 1.54) is 18.5 Å². The number of benzene rings is 1. The van der Waals surface area contributed by atoms with Crippen molar-refractivity contribution in [1.29, 1.82) is 0 Å². The van der Waals surface area contributed by atoms with Crippen LogP contribution in [0.1, 0.15) is 24.1 Å². The summed E-state index contributed by atoms with van der Waals surface area (Å²) in [5.74, 6) is 0.331. The van der Waals surface area contributed by atoms with Gasteiger partial charge in [0.25, 0.3) is 0 Å². The van der Waals surface area contributed by atoms with Crippen LogP contribution in [0.5, 0.6) is 11.6 Å². The van der Waals surface area contributed by atoms with Crippen LogP contribution in [-0.2, 0) is 12.8 Å². The molecular formula is C14H13BrFN3O. The summed E-state index contributed by atoms with van der Waals surface area (Å²) in [4.78, 5) is 8.43. The molecule has 0 atom stereocenters. The van der Waals surface area contributed by atoms with Crippen molar-refractivity contribution in [2.45, 2.75) is 25.7 Å². The number of fused-ring (bicyclic) bond motifs is 1. The molecule has 1 heterocycles. The lowest BCUT2D eigenvalue weighted by Gasteiger charge is -2.17. The lowest BCUT2D eigenvalue weighted by molar-refractivity contribution is 0.445. The summed E-state index contributed by atoms with van der Waals surface area (Å²) in [5.41, 5.74) is 8.22. The zero-order valence-corrected chi connectivity index (χ0v) is 12.3. The average molecular weight is 338 g/mol. The summed E-state index contributed by atoms with van der Waals surface area (Å²) >= 11 is 3.09. The third-order valence-corrected chi connectivity index (χ3v) is 3.95. The molecule has 3 rings (SSSR count). The van der Waals surface area contributed by atoms with Gasteiger partial charge in [0, 0.05) is 11.6 Å². The Bertz CT molecular complexity index is 663. The van der Waals surface area contributed by atoms with Crippen molar-refractivity contribution in [2.75, 3.05) is 5.73 Å². The molecule has 20 heavy (non-hydrogen) atoms. The van der Waals surface area contributed by atoms with Crippen molar-refractivity contribution in [3.05, 3.63) is 40.0 Å². The molecule has 0 saturated carbocycles. The van der Waals surface area contributed by atoms with Crippen LogP contribution in [0, 0.1) is 5.82 Å². The molecule has 1 aromatic carbocycles. The summed E-state index contributed by atoms with van der Waals surface area (Å²) in [6.07, 6.45) is 5.49. The second-order valence-corrected chi connectivity index (χ2v) is 5.57. The Morgan fingerprint density at radius 3 is 2.85 bits per heavy atom. The smallest absolute Gasteiger partial charge is 0.225 e. The Morgan fingerprint density at radius 2 is 2.00 bits per heavy atom. The maximum Gasteiger partial charge on any atom is 0.225 e. The van der Waals surface area contributed by atoms with E-state index in [-0.39, 0.29) is 5.75 Å². The van der Waals surface area contributed by atoms with Gasteiger partial charge in [-0.15, -0.1) is 0 Å². The number of nitrogens with zero attached hydrogens (tertiary/aromatic N) is 2. The number of anilines is 1. The first-order valence-electron chi connectivity index (χ1n) is 6.40. The number of rotatable bonds is 2. The van der Waals surface area contributed by atoms with Gasteiger partial charge in [-0.25, -0.2) is 14.4 Å². The maximum absolute atomic E-state index is 13.6. The molecule has 0 unspecified atom stereocenters. The topological polar surface area (TPSA) is 61.0 Å². The molecule has 0 radical (unpaired) electrons.